The Labute approximate surface area is 91.6 Å². The van der Waals surface area contributed by atoms with E-state index in [1.54, 1.807) is 24.5 Å². The zero-order valence-electron chi connectivity index (χ0n) is 8.55. The number of rotatable bonds is 4. The van der Waals surface area contributed by atoms with E-state index in [4.69, 9.17) is 5.73 Å². The molecule has 7 nitrogen and oxygen atoms in total. The maximum atomic E-state index is 11.5. The number of anilines is 1. The molecule has 0 atom stereocenters. The quantitative estimate of drug-likeness (QED) is 0.646. The first-order chi connectivity index (χ1) is 7.74. The van der Waals surface area contributed by atoms with Crippen molar-refractivity contribution in [3.8, 4) is 0 Å². The first-order valence-electron chi connectivity index (χ1n) is 4.78. The van der Waals surface area contributed by atoms with E-state index in [0.29, 0.717) is 12.4 Å². The standard InChI is InChI=1S/C9H12N6O/c10-8-2-4-15(14-8)6-9(16)11-5-7-1-3-12-13-7/h1-4H,5-6H2,(H2,10,14)(H,11,16)(H,12,13). The topological polar surface area (TPSA) is 102 Å². The SMILES string of the molecule is Nc1ccn(CC(=O)NCc2ccn[nH]2)n1. The lowest BCUT2D eigenvalue weighted by atomic mass is 10.4. The summed E-state index contributed by atoms with van der Waals surface area (Å²) in [7, 11) is 0. The molecule has 2 rings (SSSR count). The van der Waals surface area contributed by atoms with Crippen molar-refractivity contribution in [2.75, 3.05) is 5.73 Å². The average molecular weight is 220 g/mol. The molecule has 84 valence electrons. The molecule has 0 aliphatic rings. The van der Waals surface area contributed by atoms with Crippen LogP contribution in [0.3, 0.4) is 0 Å². The number of nitrogens with one attached hydrogen (secondary N) is 2. The van der Waals surface area contributed by atoms with Crippen molar-refractivity contribution in [3.05, 3.63) is 30.2 Å². The molecule has 1 amide bonds. The van der Waals surface area contributed by atoms with Crippen molar-refractivity contribution in [1.29, 1.82) is 0 Å². The summed E-state index contributed by atoms with van der Waals surface area (Å²) in [6.07, 6.45) is 3.29. The van der Waals surface area contributed by atoms with Crippen LogP contribution < -0.4 is 11.1 Å². The lowest BCUT2D eigenvalue weighted by molar-refractivity contribution is -0.122. The monoisotopic (exact) mass is 220 g/mol. The molecule has 4 N–H and O–H groups in total. The average Bonchev–Trinajstić information content (AvgIpc) is 2.87. The fourth-order valence-electron chi connectivity index (χ4n) is 1.25. The van der Waals surface area contributed by atoms with Crippen molar-refractivity contribution in [2.24, 2.45) is 0 Å². The van der Waals surface area contributed by atoms with Crippen LogP contribution in [0.25, 0.3) is 0 Å². The second kappa shape index (κ2) is 4.47. The van der Waals surface area contributed by atoms with Gasteiger partial charge in [0.05, 0.1) is 12.2 Å². The Kier molecular flexibility index (Phi) is 2.86. The summed E-state index contributed by atoms with van der Waals surface area (Å²) in [4.78, 5) is 11.5. The number of aromatic nitrogens is 4. The third kappa shape index (κ3) is 2.59. The number of hydrogen-bond acceptors (Lipinski definition) is 4. The molecule has 7 heteroatoms. The summed E-state index contributed by atoms with van der Waals surface area (Å²) in [6, 6.07) is 3.44. The van der Waals surface area contributed by atoms with Crippen LogP contribution >= 0.6 is 0 Å². The summed E-state index contributed by atoms with van der Waals surface area (Å²) in [6.45, 7) is 0.584. The fourth-order valence-corrected chi connectivity index (χ4v) is 1.25. The molecule has 0 aromatic carbocycles. The van der Waals surface area contributed by atoms with Gasteiger partial charge in [0.1, 0.15) is 12.4 Å². The summed E-state index contributed by atoms with van der Waals surface area (Å²) in [5, 5.41) is 13.2. The predicted molar refractivity (Wildman–Crippen MR) is 57.1 cm³/mol. The highest BCUT2D eigenvalue weighted by molar-refractivity contribution is 5.75. The van der Waals surface area contributed by atoms with Crippen LogP contribution in [0.1, 0.15) is 5.69 Å². The van der Waals surface area contributed by atoms with E-state index in [-0.39, 0.29) is 12.5 Å². The number of amides is 1. The molecular weight excluding hydrogens is 208 g/mol. The largest absolute Gasteiger partial charge is 0.382 e. The second-order valence-corrected chi connectivity index (χ2v) is 3.30. The summed E-state index contributed by atoms with van der Waals surface area (Å²) in [5.74, 6) is 0.277. The maximum Gasteiger partial charge on any atom is 0.242 e. The van der Waals surface area contributed by atoms with E-state index < -0.39 is 0 Å². The molecule has 2 heterocycles. The molecule has 16 heavy (non-hydrogen) atoms. The van der Waals surface area contributed by atoms with Crippen molar-refractivity contribution >= 4 is 11.7 Å². The molecule has 0 fully saturated rings. The Morgan fingerprint density at radius 1 is 1.56 bits per heavy atom. The van der Waals surface area contributed by atoms with E-state index in [9.17, 15) is 4.79 Å². The molecule has 0 radical (unpaired) electrons. The van der Waals surface area contributed by atoms with E-state index in [1.807, 2.05) is 0 Å². The van der Waals surface area contributed by atoms with Crippen LogP contribution in [0.4, 0.5) is 5.82 Å². The lowest BCUT2D eigenvalue weighted by Crippen LogP contribution is -2.27. The highest BCUT2D eigenvalue weighted by atomic mass is 16.2. The number of nitrogen functional groups attached to an aromatic ring is 1. The zero-order valence-corrected chi connectivity index (χ0v) is 8.55. The zero-order chi connectivity index (χ0) is 11.4. The molecule has 0 saturated heterocycles. The molecule has 0 spiro atoms. The van der Waals surface area contributed by atoms with Crippen LogP contribution in [0.15, 0.2) is 24.5 Å². The third-order valence-corrected chi connectivity index (χ3v) is 2.00. The number of nitrogens with zero attached hydrogens (tertiary/aromatic N) is 3. The minimum absolute atomic E-state index is 0.127. The second-order valence-electron chi connectivity index (χ2n) is 3.30. The number of carbonyl (C=O) groups is 1. The van der Waals surface area contributed by atoms with Gasteiger partial charge in [-0.25, -0.2) is 0 Å². The van der Waals surface area contributed by atoms with Crippen LogP contribution in [0.2, 0.25) is 0 Å². The van der Waals surface area contributed by atoms with E-state index in [2.05, 4.69) is 20.6 Å². The number of H-pyrrole nitrogens is 1. The van der Waals surface area contributed by atoms with Gasteiger partial charge < -0.3 is 11.1 Å². The summed E-state index contributed by atoms with van der Waals surface area (Å²) >= 11 is 0. The highest BCUT2D eigenvalue weighted by Gasteiger charge is 2.03. The maximum absolute atomic E-state index is 11.5. The van der Waals surface area contributed by atoms with Gasteiger partial charge in [0, 0.05) is 12.4 Å². The summed E-state index contributed by atoms with van der Waals surface area (Å²) in [5.41, 5.74) is 6.28. The number of aromatic amines is 1. The molecule has 0 unspecified atom stereocenters. The van der Waals surface area contributed by atoms with Crippen molar-refractivity contribution in [2.45, 2.75) is 13.1 Å². The van der Waals surface area contributed by atoms with Crippen molar-refractivity contribution in [3.63, 3.8) is 0 Å². The van der Waals surface area contributed by atoms with Crippen LogP contribution in [0.5, 0.6) is 0 Å². The first-order valence-corrected chi connectivity index (χ1v) is 4.78. The number of carbonyl (C=O) groups excluding carboxylic acids is 1. The smallest absolute Gasteiger partial charge is 0.242 e. The molecular formula is C9H12N6O. The Morgan fingerprint density at radius 2 is 2.44 bits per heavy atom. The fraction of sp³-hybridized carbons (Fsp3) is 0.222. The molecule has 0 aliphatic carbocycles. The van der Waals surface area contributed by atoms with E-state index in [1.165, 1.54) is 4.68 Å². The third-order valence-electron chi connectivity index (χ3n) is 2.00. The van der Waals surface area contributed by atoms with Gasteiger partial charge in [0.25, 0.3) is 0 Å². The predicted octanol–water partition coefficient (Wildman–Crippen LogP) is -0.495. The Morgan fingerprint density at radius 3 is 3.06 bits per heavy atom. The molecule has 0 saturated carbocycles. The Bertz CT molecular complexity index is 460. The van der Waals surface area contributed by atoms with Crippen LogP contribution in [-0.2, 0) is 17.9 Å². The normalized spacial score (nSPS) is 10.2. The van der Waals surface area contributed by atoms with Crippen molar-refractivity contribution < 1.29 is 4.79 Å². The van der Waals surface area contributed by atoms with Crippen molar-refractivity contribution in [1.82, 2.24) is 25.3 Å². The lowest BCUT2D eigenvalue weighted by Gasteiger charge is -2.03. The first kappa shape index (κ1) is 10.2. The minimum atomic E-state index is -0.127. The van der Waals surface area contributed by atoms with Gasteiger partial charge in [0.2, 0.25) is 5.91 Å². The van der Waals surface area contributed by atoms with Gasteiger partial charge in [-0.15, -0.1) is 0 Å². The Balaban J connectivity index is 1.81. The van der Waals surface area contributed by atoms with Crippen LogP contribution in [0, 0.1) is 0 Å². The van der Waals surface area contributed by atoms with Gasteiger partial charge >= 0.3 is 0 Å². The van der Waals surface area contributed by atoms with E-state index in [0.717, 1.165) is 5.69 Å². The summed E-state index contributed by atoms with van der Waals surface area (Å²) < 4.78 is 1.48. The number of hydrogen-bond donors (Lipinski definition) is 3. The van der Waals surface area contributed by atoms with Gasteiger partial charge in [-0.2, -0.15) is 10.2 Å². The molecule has 2 aromatic rings. The molecule has 2 aromatic heterocycles. The van der Waals surface area contributed by atoms with Gasteiger partial charge in [-0.05, 0) is 12.1 Å². The van der Waals surface area contributed by atoms with Gasteiger partial charge in [-0.1, -0.05) is 0 Å². The highest BCUT2D eigenvalue weighted by Crippen LogP contribution is 1.95. The number of nitrogens with two attached hydrogens (primary N) is 1. The van der Waals surface area contributed by atoms with Gasteiger partial charge in [-0.3, -0.25) is 14.6 Å². The van der Waals surface area contributed by atoms with Crippen LogP contribution in [-0.4, -0.2) is 25.9 Å². The minimum Gasteiger partial charge on any atom is -0.382 e. The molecule has 0 aliphatic heterocycles. The Hall–Kier alpha value is -2.31. The molecule has 0 bridgehead atoms. The van der Waals surface area contributed by atoms with Gasteiger partial charge in [0.15, 0.2) is 0 Å². The van der Waals surface area contributed by atoms with E-state index >= 15 is 0 Å².